The number of likely N-dealkylation sites (tertiary alicyclic amines) is 2. The molecule has 4 nitrogen and oxygen atoms in total. The summed E-state index contributed by atoms with van der Waals surface area (Å²) < 4.78 is 5.14. The summed E-state index contributed by atoms with van der Waals surface area (Å²) in [6.07, 6.45) is 2.71. The number of hydrogen-bond donors (Lipinski definition) is 1. The van der Waals surface area contributed by atoms with Gasteiger partial charge in [0.2, 0.25) is 0 Å². The summed E-state index contributed by atoms with van der Waals surface area (Å²) in [5.41, 5.74) is 0.688. The fourth-order valence-electron chi connectivity index (χ4n) is 3.50. The Labute approximate surface area is 104 Å². The topological polar surface area (TPSA) is 27.7 Å². The first-order valence-electron chi connectivity index (χ1n) is 6.97. The van der Waals surface area contributed by atoms with Gasteiger partial charge in [-0.3, -0.25) is 4.90 Å². The average Bonchev–Trinajstić information content (AvgIpc) is 2.24. The van der Waals surface area contributed by atoms with Crippen molar-refractivity contribution >= 4 is 0 Å². The zero-order chi connectivity index (χ0) is 11.7. The van der Waals surface area contributed by atoms with E-state index in [1.807, 2.05) is 0 Å². The van der Waals surface area contributed by atoms with Gasteiger partial charge in [-0.15, -0.1) is 0 Å². The van der Waals surface area contributed by atoms with E-state index in [0.717, 1.165) is 19.2 Å². The number of nitrogens with zero attached hydrogens (tertiary/aromatic N) is 2. The van der Waals surface area contributed by atoms with Gasteiger partial charge in [0.25, 0.3) is 0 Å². The van der Waals surface area contributed by atoms with Crippen LogP contribution in [0.25, 0.3) is 0 Å². The Bertz CT molecular complexity index is 251. The summed E-state index contributed by atoms with van der Waals surface area (Å²) in [5.74, 6) is 0. The van der Waals surface area contributed by atoms with Gasteiger partial charge in [0.1, 0.15) is 0 Å². The molecular formula is C13H25N3O. The zero-order valence-corrected chi connectivity index (χ0v) is 11.0. The summed E-state index contributed by atoms with van der Waals surface area (Å²) in [6.45, 7) is 9.73. The lowest BCUT2D eigenvalue weighted by Gasteiger charge is -2.59. The van der Waals surface area contributed by atoms with Crippen molar-refractivity contribution in [2.45, 2.75) is 18.9 Å². The van der Waals surface area contributed by atoms with Gasteiger partial charge >= 0.3 is 0 Å². The third kappa shape index (κ3) is 2.36. The molecule has 0 aromatic rings. The van der Waals surface area contributed by atoms with E-state index >= 15 is 0 Å². The molecule has 0 radical (unpaired) electrons. The molecule has 3 saturated heterocycles. The predicted molar refractivity (Wildman–Crippen MR) is 68.2 cm³/mol. The first kappa shape index (κ1) is 11.9. The van der Waals surface area contributed by atoms with Crippen LogP contribution in [0.1, 0.15) is 12.8 Å². The highest BCUT2D eigenvalue weighted by Crippen LogP contribution is 2.37. The Morgan fingerprint density at radius 3 is 2.47 bits per heavy atom. The minimum absolute atomic E-state index is 0.688. The van der Waals surface area contributed by atoms with Crippen LogP contribution >= 0.6 is 0 Å². The monoisotopic (exact) mass is 239 g/mol. The summed E-state index contributed by atoms with van der Waals surface area (Å²) in [4.78, 5) is 5.26. The maximum absolute atomic E-state index is 5.14. The number of hydrogen-bond acceptors (Lipinski definition) is 4. The van der Waals surface area contributed by atoms with Crippen molar-refractivity contribution in [1.82, 2.24) is 15.1 Å². The van der Waals surface area contributed by atoms with Gasteiger partial charge in [-0.05, 0) is 25.9 Å². The maximum atomic E-state index is 5.14. The van der Waals surface area contributed by atoms with Gasteiger partial charge in [0.05, 0.1) is 6.61 Å². The molecule has 0 aliphatic carbocycles. The molecule has 3 aliphatic rings. The third-order valence-electron chi connectivity index (χ3n) is 4.76. The van der Waals surface area contributed by atoms with Crippen molar-refractivity contribution in [3.05, 3.63) is 0 Å². The lowest BCUT2D eigenvalue weighted by molar-refractivity contribution is -0.0773. The molecule has 17 heavy (non-hydrogen) atoms. The Kier molecular flexibility index (Phi) is 3.39. The van der Waals surface area contributed by atoms with Gasteiger partial charge in [-0.1, -0.05) is 0 Å². The Morgan fingerprint density at radius 2 is 1.94 bits per heavy atom. The Morgan fingerprint density at radius 1 is 1.24 bits per heavy atom. The summed E-state index contributed by atoms with van der Waals surface area (Å²) in [7, 11) is 1.79. The predicted octanol–water partition coefficient (Wildman–Crippen LogP) is 0.00240. The molecule has 0 unspecified atom stereocenters. The van der Waals surface area contributed by atoms with E-state index in [4.69, 9.17) is 4.74 Å². The highest BCUT2D eigenvalue weighted by Gasteiger charge is 2.49. The standard InChI is InChI=1S/C13H25N3O/c1-17-7-6-15-4-2-12(3-5-15)16-10-13(11-16)8-14-9-13/h12,14H,2-11H2,1H3. The van der Waals surface area contributed by atoms with E-state index in [1.165, 1.54) is 52.1 Å². The largest absolute Gasteiger partial charge is 0.383 e. The second kappa shape index (κ2) is 4.84. The lowest BCUT2D eigenvalue weighted by atomic mass is 9.73. The summed E-state index contributed by atoms with van der Waals surface area (Å²) in [6, 6.07) is 0.861. The van der Waals surface area contributed by atoms with Crippen LogP contribution < -0.4 is 5.32 Å². The van der Waals surface area contributed by atoms with Crippen LogP contribution in [-0.4, -0.2) is 75.4 Å². The molecule has 1 spiro atoms. The number of piperidine rings is 1. The van der Waals surface area contributed by atoms with Crippen LogP contribution in [-0.2, 0) is 4.74 Å². The molecule has 0 aromatic carbocycles. The van der Waals surface area contributed by atoms with E-state index < -0.39 is 0 Å². The fourth-order valence-corrected chi connectivity index (χ4v) is 3.50. The quantitative estimate of drug-likeness (QED) is 0.747. The van der Waals surface area contributed by atoms with Crippen molar-refractivity contribution in [2.24, 2.45) is 5.41 Å². The highest BCUT2D eigenvalue weighted by molar-refractivity contribution is 5.05. The van der Waals surface area contributed by atoms with E-state index in [1.54, 1.807) is 7.11 Å². The molecule has 0 atom stereocenters. The van der Waals surface area contributed by atoms with Crippen LogP contribution in [0.15, 0.2) is 0 Å². The molecular weight excluding hydrogens is 214 g/mol. The highest BCUT2D eigenvalue weighted by atomic mass is 16.5. The molecule has 98 valence electrons. The minimum Gasteiger partial charge on any atom is -0.383 e. The Hall–Kier alpha value is -0.160. The van der Waals surface area contributed by atoms with Crippen LogP contribution in [0, 0.1) is 5.41 Å². The molecule has 1 N–H and O–H groups in total. The van der Waals surface area contributed by atoms with Crippen molar-refractivity contribution in [3.63, 3.8) is 0 Å². The molecule has 3 fully saturated rings. The van der Waals surface area contributed by atoms with E-state index in [0.29, 0.717) is 5.41 Å². The van der Waals surface area contributed by atoms with Gasteiger partial charge in [-0.2, -0.15) is 0 Å². The molecule has 3 aliphatic heterocycles. The van der Waals surface area contributed by atoms with Gasteiger partial charge in [-0.25, -0.2) is 0 Å². The molecule has 0 amide bonds. The van der Waals surface area contributed by atoms with Crippen molar-refractivity contribution in [3.8, 4) is 0 Å². The van der Waals surface area contributed by atoms with Crippen LogP contribution in [0.4, 0.5) is 0 Å². The number of rotatable bonds is 4. The molecule has 4 heteroatoms. The molecule has 3 rings (SSSR count). The summed E-state index contributed by atoms with van der Waals surface area (Å²) >= 11 is 0. The number of methoxy groups -OCH3 is 1. The smallest absolute Gasteiger partial charge is 0.0589 e. The maximum Gasteiger partial charge on any atom is 0.0589 e. The molecule has 3 heterocycles. The second-order valence-electron chi connectivity index (χ2n) is 6.07. The lowest BCUT2D eigenvalue weighted by Crippen LogP contribution is -2.73. The number of ether oxygens (including phenoxy) is 1. The Balaban J connectivity index is 1.37. The third-order valence-corrected chi connectivity index (χ3v) is 4.76. The molecule has 0 aromatic heterocycles. The summed E-state index contributed by atoms with van der Waals surface area (Å²) in [5, 5.41) is 3.41. The van der Waals surface area contributed by atoms with Gasteiger partial charge in [0, 0.05) is 51.3 Å². The van der Waals surface area contributed by atoms with Crippen LogP contribution in [0.2, 0.25) is 0 Å². The first-order valence-corrected chi connectivity index (χ1v) is 6.97. The van der Waals surface area contributed by atoms with Gasteiger partial charge in [0.15, 0.2) is 0 Å². The first-order chi connectivity index (χ1) is 8.31. The SMILES string of the molecule is COCCN1CCC(N2CC3(CNC3)C2)CC1. The fraction of sp³-hybridized carbons (Fsp3) is 1.00. The normalized spacial score (nSPS) is 30.2. The van der Waals surface area contributed by atoms with Crippen LogP contribution in [0.5, 0.6) is 0 Å². The average molecular weight is 239 g/mol. The van der Waals surface area contributed by atoms with Gasteiger partial charge < -0.3 is 15.0 Å². The molecule has 0 saturated carbocycles. The van der Waals surface area contributed by atoms with E-state index in [9.17, 15) is 0 Å². The van der Waals surface area contributed by atoms with Crippen molar-refractivity contribution in [1.29, 1.82) is 0 Å². The molecule has 0 bridgehead atoms. The van der Waals surface area contributed by atoms with E-state index in [2.05, 4.69) is 15.1 Å². The van der Waals surface area contributed by atoms with Crippen LogP contribution in [0.3, 0.4) is 0 Å². The number of nitrogens with one attached hydrogen (secondary N) is 1. The zero-order valence-electron chi connectivity index (χ0n) is 11.0. The van der Waals surface area contributed by atoms with E-state index in [-0.39, 0.29) is 0 Å². The van der Waals surface area contributed by atoms with Crippen molar-refractivity contribution in [2.75, 3.05) is 59.5 Å². The second-order valence-corrected chi connectivity index (χ2v) is 6.07. The minimum atomic E-state index is 0.688. The van der Waals surface area contributed by atoms with Crippen molar-refractivity contribution < 1.29 is 4.74 Å².